The average Bonchev–Trinajstić information content (AvgIpc) is 2.62. The molecule has 0 atom stereocenters. The van der Waals surface area contributed by atoms with Gasteiger partial charge in [0.1, 0.15) is 5.60 Å². The van der Waals surface area contributed by atoms with Crippen molar-refractivity contribution in [2.24, 2.45) is 5.92 Å². The summed E-state index contributed by atoms with van der Waals surface area (Å²) in [6.07, 6.45) is 5.93. The normalized spacial score (nSPS) is 14.7. The van der Waals surface area contributed by atoms with E-state index in [0.29, 0.717) is 23.7 Å². The van der Waals surface area contributed by atoms with Crippen LogP contribution in [-0.2, 0) is 14.3 Å². The molecule has 1 saturated carbocycles. The van der Waals surface area contributed by atoms with Crippen molar-refractivity contribution in [2.75, 3.05) is 17.2 Å². The van der Waals surface area contributed by atoms with Gasteiger partial charge in [-0.1, -0.05) is 31.4 Å². The molecule has 1 fully saturated rings. The molecular formula is C22H33N3O4. The van der Waals surface area contributed by atoms with Crippen LogP contribution in [0.5, 0.6) is 0 Å². The van der Waals surface area contributed by atoms with Crippen molar-refractivity contribution >= 4 is 29.3 Å². The molecule has 7 nitrogen and oxygen atoms in total. The van der Waals surface area contributed by atoms with Crippen LogP contribution in [0.2, 0.25) is 0 Å². The molecule has 3 amide bonds. The molecule has 0 saturated heterocycles. The maximum absolute atomic E-state index is 12.4. The molecule has 0 heterocycles. The Kier molecular flexibility index (Phi) is 8.49. The Morgan fingerprint density at radius 2 is 1.55 bits per heavy atom. The Labute approximate surface area is 173 Å². The van der Waals surface area contributed by atoms with Gasteiger partial charge in [-0.25, -0.2) is 4.79 Å². The highest BCUT2D eigenvalue weighted by molar-refractivity contribution is 5.99. The molecular weight excluding hydrogens is 370 g/mol. The van der Waals surface area contributed by atoms with E-state index >= 15 is 0 Å². The molecule has 0 aliphatic heterocycles. The highest BCUT2D eigenvalue weighted by Crippen LogP contribution is 2.27. The van der Waals surface area contributed by atoms with Gasteiger partial charge in [-0.3, -0.25) is 9.59 Å². The van der Waals surface area contributed by atoms with E-state index in [0.717, 1.165) is 12.8 Å². The maximum atomic E-state index is 12.4. The highest BCUT2D eigenvalue weighted by Gasteiger charge is 2.18. The minimum absolute atomic E-state index is 0.0230. The maximum Gasteiger partial charge on any atom is 0.407 e. The third-order valence-corrected chi connectivity index (χ3v) is 4.69. The van der Waals surface area contributed by atoms with Gasteiger partial charge in [-0.15, -0.1) is 0 Å². The Balaban J connectivity index is 1.80. The molecule has 3 N–H and O–H groups in total. The Hall–Kier alpha value is -2.57. The molecule has 0 unspecified atom stereocenters. The van der Waals surface area contributed by atoms with Crippen LogP contribution in [0.15, 0.2) is 24.3 Å². The summed E-state index contributed by atoms with van der Waals surface area (Å²) >= 11 is 0. The number of rotatable bonds is 7. The summed E-state index contributed by atoms with van der Waals surface area (Å²) in [4.78, 5) is 36.2. The molecule has 7 heteroatoms. The lowest BCUT2D eigenvalue weighted by molar-refractivity contribution is -0.117. The van der Waals surface area contributed by atoms with Crippen LogP contribution in [-0.4, -0.2) is 30.1 Å². The van der Waals surface area contributed by atoms with E-state index in [1.807, 2.05) is 6.07 Å². The largest absolute Gasteiger partial charge is 0.444 e. The first-order valence-electron chi connectivity index (χ1n) is 10.4. The lowest BCUT2D eigenvalue weighted by Crippen LogP contribution is -2.34. The van der Waals surface area contributed by atoms with Crippen molar-refractivity contribution in [2.45, 2.75) is 71.3 Å². The van der Waals surface area contributed by atoms with E-state index in [-0.39, 0.29) is 24.8 Å². The predicted octanol–water partition coefficient (Wildman–Crippen LogP) is 4.45. The summed E-state index contributed by atoms with van der Waals surface area (Å²) in [7, 11) is 0. The summed E-state index contributed by atoms with van der Waals surface area (Å²) in [6.45, 7) is 5.49. The van der Waals surface area contributed by atoms with Crippen LogP contribution in [0.25, 0.3) is 0 Å². The second-order valence-corrected chi connectivity index (χ2v) is 8.53. The number of hydrogen-bond donors (Lipinski definition) is 3. The van der Waals surface area contributed by atoms with Crippen LogP contribution in [0.4, 0.5) is 16.2 Å². The van der Waals surface area contributed by atoms with E-state index in [1.54, 1.807) is 39.0 Å². The number of amides is 3. The third-order valence-electron chi connectivity index (χ3n) is 4.69. The molecule has 29 heavy (non-hydrogen) atoms. The smallest absolute Gasteiger partial charge is 0.407 e. The molecule has 0 spiro atoms. The first-order chi connectivity index (χ1) is 13.7. The Morgan fingerprint density at radius 3 is 2.14 bits per heavy atom. The SMILES string of the molecule is CC(C)(C)OC(=O)NCCC(=O)Nc1ccccc1NC(=O)CC1CCCCC1. The first kappa shape index (κ1) is 22.7. The van der Waals surface area contributed by atoms with Crippen molar-refractivity contribution in [3.63, 3.8) is 0 Å². The zero-order valence-electron chi connectivity index (χ0n) is 17.7. The van der Waals surface area contributed by atoms with Gasteiger partial charge in [0.2, 0.25) is 11.8 Å². The van der Waals surface area contributed by atoms with E-state index in [9.17, 15) is 14.4 Å². The molecule has 1 aromatic rings. The van der Waals surface area contributed by atoms with Crippen LogP contribution in [0, 0.1) is 5.92 Å². The second-order valence-electron chi connectivity index (χ2n) is 8.53. The summed E-state index contributed by atoms with van der Waals surface area (Å²) < 4.78 is 5.13. The van der Waals surface area contributed by atoms with Crippen molar-refractivity contribution in [1.29, 1.82) is 0 Å². The number of benzene rings is 1. The number of alkyl carbamates (subject to hydrolysis) is 1. The van der Waals surface area contributed by atoms with Crippen molar-refractivity contribution < 1.29 is 19.1 Å². The zero-order valence-corrected chi connectivity index (χ0v) is 17.7. The highest BCUT2D eigenvalue weighted by atomic mass is 16.6. The van der Waals surface area contributed by atoms with Gasteiger partial charge in [0, 0.05) is 19.4 Å². The minimum atomic E-state index is -0.582. The van der Waals surface area contributed by atoms with Gasteiger partial charge in [0.25, 0.3) is 0 Å². The van der Waals surface area contributed by atoms with E-state index in [4.69, 9.17) is 4.74 Å². The number of ether oxygens (including phenoxy) is 1. The van der Waals surface area contributed by atoms with Crippen LogP contribution >= 0.6 is 0 Å². The number of carbonyl (C=O) groups excluding carboxylic acids is 3. The van der Waals surface area contributed by atoms with Crippen LogP contribution in [0.1, 0.15) is 65.7 Å². The Bertz CT molecular complexity index is 706. The van der Waals surface area contributed by atoms with Crippen molar-refractivity contribution in [3.8, 4) is 0 Å². The number of nitrogens with one attached hydrogen (secondary N) is 3. The molecule has 1 aliphatic rings. The monoisotopic (exact) mass is 403 g/mol. The molecule has 1 aromatic carbocycles. The zero-order chi connectivity index (χ0) is 21.3. The number of carbonyl (C=O) groups is 3. The van der Waals surface area contributed by atoms with Crippen LogP contribution in [0.3, 0.4) is 0 Å². The van der Waals surface area contributed by atoms with Crippen molar-refractivity contribution in [3.05, 3.63) is 24.3 Å². The fourth-order valence-corrected chi connectivity index (χ4v) is 3.36. The summed E-state index contributed by atoms with van der Waals surface area (Å²) in [5, 5.41) is 8.27. The average molecular weight is 404 g/mol. The quantitative estimate of drug-likeness (QED) is 0.627. The minimum Gasteiger partial charge on any atom is -0.444 e. The van der Waals surface area contributed by atoms with Gasteiger partial charge in [0.05, 0.1) is 11.4 Å². The van der Waals surface area contributed by atoms with Gasteiger partial charge in [-0.05, 0) is 51.7 Å². The standard InChI is InChI=1S/C22H33N3O4/c1-22(2,3)29-21(28)23-14-13-19(26)24-17-11-7-8-12-18(17)25-20(27)15-16-9-5-4-6-10-16/h7-8,11-12,16H,4-6,9-10,13-15H2,1-3H3,(H,23,28)(H,24,26)(H,25,27). The summed E-state index contributed by atoms with van der Waals surface area (Å²) in [6, 6.07) is 7.13. The lowest BCUT2D eigenvalue weighted by atomic mass is 9.87. The molecule has 2 rings (SSSR count). The van der Waals surface area contributed by atoms with Crippen LogP contribution < -0.4 is 16.0 Å². The molecule has 160 valence electrons. The fourth-order valence-electron chi connectivity index (χ4n) is 3.36. The van der Waals surface area contributed by atoms with Gasteiger partial charge < -0.3 is 20.7 Å². The Morgan fingerprint density at radius 1 is 0.966 bits per heavy atom. The van der Waals surface area contributed by atoms with Crippen molar-refractivity contribution in [1.82, 2.24) is 5.32 Å². The first-order valence-corrected chi connectivity index (χ1v) is 10.4. The predicted molar refractivity (Wildman–Crippen MR) is 114 cm³/mol. The van der Waals surface area contributed by atoms with E-state index in [2.05, 4.69) is 16.0 Å². The van der Waals surface area contributed by atoms with E-state index in [1.165, 1.54) is 19.3 Å². The fraction of sp³-hybridized carbons (Fsp3) is 0.591. The number of anilines is 2. The topological polar surface area (TPSA) is 96.5 Å². The summed E-state index contributed by atoms with van der Waals surface area (Å²) in [5.41, 5.74) is 0.551. The molecule has 0 radical (unpaired) electrons. The lowest BCUT2D eigenvalue weighted by Gasteiger charge is -2.21. The summed E-state index contributed by atoms with van der Waals surface area (Å²) in [5.74, 6) is 0.171. The molecule has 0 bridgehead atoms. The number of hydrogen-bond acceptors (Lipinski definition) is 4. The molecule has 1 aliphatic carbocycles. The van der Waals surface area contributed by atoms with Gasteiger partial charge in [0.15, 0.2) is 0 Å². The van der Waals surface area contributed by atoms with Gasteiger partial charge in [-0.2, -0.15) is 0 Å². The second kappa shape index (κ2) is 10.8. The third kappa shape index (κ3) is 8.98. The number of para-hydroxylation sites is 2. The van der Waals surface area contributed by atoms with E-state index < -0.39 is 11.7 Å². The van der Waals surface area contributed by atoms with Gasteiger partial charge >= 0.3 is 6.09 Å². The molecule has 0 aromatic heterocycles.